The van der Waals surface area contributed by atoms with Crippen molar-refractivity contribution in [2.75, 3.05) is 19.8 Å². The zero-order chi connectivity index (χ0) is 19.2. The highest BCUT2D eigenvalue weighted by Crippen LogP contribution is 2.39. The van der Waals surface area contributed by atoms with Crippen molar-refractivity contribution in [3.8, 4) is 0 Å². The van der Waals surface area contributed by atoms with Gasteiger partial charge in [0, 0.05) is 29.5 Å². The van der Waals surface area contributed by atoms with Gasteiger partial charge in [0.1, 0.15) is 10.6 Å². The molecule has 0 aliphatic carbocycles. The summed E-state index contributed by atoms with van der Waals surface area (Å²) in [6.45, 7) is 7.12. The zero-order valence-corrected chi connectivity index (χ0v) is 17.1. The van der Waals surface area contributed by atoms with Crippen molar-refractivity contribution in [1.29, 1.82) is 0 Å². The fraction of sp³-hybridized carbons (Fsp3) is 0.400. The molecular formula is C20H23ClN2O3S. The van der Waals surface area contributed by atoms with E-state index in [1.807, 2.05) is 38.1 Å². The Hall–Kier alpha value is -1.89. The Morgan fingerprint density at radius 2 is 2.07 bits per heavy atom. The highest BCUT2D eigenvalue weighted by atomic mass is 35.5. The summed E-state index contributed by atoms with van der Waals surface area (Å²) in [6, 6.07) is 7.93. The maximum atomic E-state index is 12.5. The number of fused-ring (bicyclic) bond motifs is 1. The monoisotopic (exact) mass is 406 g/mol. The Morgan fingerprint density at radius 3 is 2.78 bits per heavy atom. The van der Waals surface area contributed by atoms with Crippen LogP contribution in [0.15, 0.2) is 29.3 Å². The van der Waals surface area contributed by atoms with Crippen molar-refractivity contribution in [1.82, 2.24) is 4.90 Å². The Balaban J connectivity index is 1.81. The first-order chi connectivity index (χ1) is 13.1. The molecule has 7 heteroatoms. The van der Waals surface area contributed by atoms with Crippen LogP contribution in [0.1, 0.15) is 40.2 Å². The average molecular weight is 407 g/mol. The summed E-state index contributed by atoms with van der Waals surface area (Å²) in [7, 11) is 0. The average Bonchev–Trinajstić information content (AvgIpc) is 3.01. The molecule has 0 spiro atoms. The van der Waals surface area contributed by atoms with Crippen LogP contribution in [0.25, 0.3) is 0 Å². The molecule has 0 radical (unpaired) electrons. The molecule has 0 unspecified atom stereocenters. The number of thiophene rings is 1. The molecule has 2 aromatic rings. The van der Waals surface area contributed by atoms with Gasteiger partial charge in [0.15, 0.2) is 6.40 Å². The maximum absolute atomic E-state index is 12.5. The molecule has 144 valence electrons. The molecule has 1 aliphatic rings. The number of carbonyl (C=O) groups is 1. The van der Waals surface area contributed by atoms with Crippen molar-refractivity contribution in [2.24, 2.45) is 4.99 Å². The molecule has 5 nitrogen and oxygen atoms in total. The van der Waals surface area contributed by atoms with Gasteiger partial charge in [0.05, 0.1) is 13.2 Å². The van der Waals surface area contributed by atoms with Crippen molar-refractivity contribution in [3.63, 3.8) is 0 Å². The summed E-state index contributed by atoms with van der Waals surface area (Å²) in [5.74, 6) is -0.301. The van der Waals surface area contributed by atoms with E-state index in [2.05, 4.69) is 9.89 Å². The SMILES string of the molecule is CCOC=Nc1sc2c(c1C(=O)OCC)CCN(Cc1ccc(Cl)cc1)C2. The Morgan fingerprint density at radius 1 is 1.30 bits per heavy atom. The van der Waals surface area contributed by atoms with Gasteiger partial charge in [-0.1, -0.05) is 23.7 Å². The number of hydrogen-bond donors (Lipinski definition) is 0. The second-order valence-corrected chi connectivity index (χ2v) is 7.70. The lowest BCUT2D eigenvalue weighted by molar-refractivity contribution is 0.0526. The largest absolute Gasteiger partial charge is 0.483 e. The second-order valence-electron chi connectivity index (χ2n) is 6.18. The van der Waals surface area contributed by atoms with Gasteiger partial charge >= 0.3 is 5.97 Å². The third-order valence-electron chi connectivity index (χ3n) is 4.33. The lowest BCUT2D eigenvalue weighted by atomic mass is 10.0. The predicted octanol–water partition coefficient (Wildman–Crippen LogP) is 4.83. The number of rotatable bonds is 7. The number of aliphatic imine (C=N–C) groups is 1. The lowest BCUT2D eigenvalue weighted by Crippen LogP contribution is -2.29. The number of hydrogen-bond acceptors (Lipinski definition) is 6. The Labute approximate surface area is 168 Å². The van der Waals surface area contributed by atoms with Crippen LogP contribution in [0.3, 0.4) is 0 Å². The predicted molar refractivity (Wildman–Crippen MR) is 109 cm³/mol. The molecule has 1 aromatic carbocycles. The van der Waals surface area contributed by atoms with E-state index in [1.165, 1.54) is 16.8 Å². The number of ether oxygens (including phenoxy) is 2. The van der Waals surface area contributed by atoms with E-state index < -0.39 is 0 Å². The van der Waals surface area contributed by atoms with Crippen LogP contribution < -0.4 is 0 Å². The number of nitrogens with zero attached hydrogens (tertiary/aromatic N) is 2. The molecule has 2 heterocycles. The summed E-state index contributed by atoms with van der Waals surface area (Å²) in [4.78, 5) is 20.4. The van der Waals surface area contributed by atoms with E-state index in [1.54, 1.807) is 11.3 Å². The molecule has 0 fully saturated rings. The molecule has 27 heavy (non-hydrogen) atoms. The fourth-order valence-electron chi connectivity index (χ4n) is 3.09. The van der Waals surface area contributed by atoms with Crippen LogP contribution in [0.2, 0.25) is 5.02 Å². The normalized spacial score (nSPS) is 14.3. The molecule has 1 aliphatic heterocycles. The maximum Gasteiger partial charge on any atom is 0.341 e. The topological polar surface area (TPSA) is 51.1 Å². The second kappa shape index (κ2) is 9.35. The minimum Gasteiger partial charge on any atom is -0.483 e. The molecule has 0 saturated heterocycles. The molecule has 0 amide bonds. The van der Waals surface area contributed by atoms with E-state index in [0.29, 0.717) is 23.8 Å². The van der Waals surface area contributed by atoms with Crippen LogP contribution >= 0.6 is 22.9 Å². The molecule has 3 rings (SSSR count). The number of esters is 1. The number of halogens is 1. The van der Waals surface area contributed by atoms with Crippen molar-refractivity contribution < 1.29 is 14.3 Å². The smallest absolute Gasteiger partial charge is 0.341 e. The van der Waals surface area contributed by atoms with Crippen molar-refractivity contribution in [3.05, 3.63) is 50.9 Å². The summed E-state index contributed by atoms with van der Waals surface area (Å²) in [5, 5.41) is 1.41. The van der Waals surface area contributed by atoms with Gasteiger partial charge in [0.2, 0.25) is 0 Å². The molecule has 0 bridgehead atoms. The molecule has 0 N–H and O–H groups in total. The summed E-state index contributed by atoms with van der Waals surface area (Å²) >= 11 is 7.51. The van der Waals surface area contributed by atoms with E-state index in [4.69, 9.17) is 21.1 Å². The van der Waals surface area contributed by atoms with Crippen LogP contribution in [-0.4, -0.2) is 37.0 Å². The van der Waals surface area contributed by atoms with Gasteiger partial charge < -0.3 is 9.47 Å². The summed E-state index contributed by atoms with van der Waals surface area (Å²) in [6.07, 6.45) is 2.21. The molecule has 1 aromatic heterocycles. The minimum atomic E-state index is -0.301. The van der Waals surface area contributed by atoms with Crippen LogP contribution in [0.5, 0.6) is 0 Å². The van der Waals surface area contributed by atoms with Crippen molar-refractivity contribution in [2.45, 2.75) is 33.4 Å². The van der Waals surface area contributed by atoms with Crippen molar-refractivity contribution >= 4 is 40.3 Å². The summed E-state index contributed by atoms with van der Waals surface area (Å²) in [5.41, 5.74) is 2.88. The molecule has 0 saturated carbocycles. The number of carbonyl (C=O) groups excluding carboxylic acids is 1. The van der Waals surface area contributed by atoms with Gasteiger partial charge in [-0.05, 0) is 43.5 Å². The number of benzene rings is 1. The van der Waals surface area contributed by atoms with E-state index in [9.17, 15) is 4.79 Å². The Bertz CT molecular complexity index is 817. The third-order valence-corrected chi connectivity index (χ3v) is 5.70. The van der Waals surface area contributed by atoms with Crippen LogP contribution in [0, 0.1) is 0 Å². The standard InChI is InChI=1S/C20H23ClN2O3S/c1-3-25-13-22-19-18(20(24)26-4-2)16-9-10-23(12-17(16)27-19)11-14-5-7-15(21)8-6-14/h5-8,13H,3-4,9-12H2,1-2H3. The first-order valence-electron chi connectivity index (χ1n) is 9.05. The lowest BCUT2D eigenvalue weighted by Gasteiger charge is -2.27. The quantitative estimate of drug-likeness (QED) is 0.375. The van der Waals surface area contributed by atoms with Gasteiger partial charge in [-0.15, -0.1) is 11.3 Å². The molecule has 0 atom stereocenters. The fourth-order valence-corrected chi connectivity index (χ4v) is 4.43. The first kappa shape index (κ1) is 19.9. The van der Waals surface area contributed by atoms with E-state index >= 15 is 0 Å². The molecular weight excluding hydrogens is 384 g/mol. The van der Waals surface area contributed by atoms with Gasteiger partial charge in [0.25, 0.3) is 0 Å². The first-order valence-corrected chi connectivity index (χ1v) is 10.2. The third kappa shape index (κ3) is 4.89. The zero-order valence-electron chi connectivity index (χ0n) is 15.5. The summed E-state index contributed by atoms with van der Waals surface area (Å²) < 4.78 is 10.5. The van der Waals surface area contributed by atoms with Gasteiger partial charge in [-0.2, -0.15) is 0 Å². The van der Waals surface area contributed by atoms with Crippen LogP contribution in [-0.2, 0) is 29.0 Å². The highest BCUT2D eigenvalue weighted by molar-refractivity contribution is 7.16. The van der Waals surface area contributed by atoms with E-state index in [0.717, 1.165) is 36.6 Å². The van der Waals surface area contributed by atoms with Crippen LogP contribution in [0.4, 0.5) is 5.00 Å². The van der Waals surface area contributed by atoms with Gasteiger partial charge in [-0.25, -0.2) is 9.79 Å². The Kier molecular flexibility index (Phi) is 6.88. The van der Waals surface area contributed by atoms with Gasteiger partial charge in [-0.3, -0.25) is 4.90 Å². The van der Waals surface area contributed by atoms with E-state index in [-0.39, 0.29) is 5.97 Å². The highest BCUT2D eigenvalue weighted by Gasteiger charge is 2.28. The minimum absolute atomic E-state index is 0.301.